The van der Waals surface area contributed by atoms with Crippen LogP contribution < -0.4 is 5.43 Å². The molecule has 210 valence electrons. The van der Waals surface area contributed by atoms with Gasteiger partial charge in [0.1, 0.15) is 0 Å². The Kier molecular flexibility index (Phi) is 7.86. The van der Waals surface area contributed by atoms with Crippen LogP contribution in [0.5, 0.6) is 0 Å². The van der Waals surface area contributed by atoms with E-state index in [0.29, 0.717) is 0 Å². The first-order chi connectivity index (χ1) is 17.8. The molecule has 0 saturated carbocycles. The van der Waals surface area contributed by atoms with E-state index in [1.54, 1.807) is 0 Å². The lowest BCUT2D eigenvalue weighted by Crippen LogP contribution is -2.63. The monoisotopic (exact) mass is 602 g/mol. The van der Waals surface area contributed by atoms with Crippen LogP contribution in [0.3, 0.4) is 0 Å². The quantitative estimate of drug-likeness (QED) is 0.106. The fourth-order valence-electron chi connectivity index (χ4n) is 3.47. The van der Waals surface area contributed by atoms with Gasteiger partial charge in [0.25, 0.3) is 0 Å². The summed E-state index contributed by atoms with van der Waals surface area (Å²) in [6, 6.07) is 24.5. The molecule has 0 N–H and O–H groups in total. The maximum Gasteiger partial charge on any atom is 0.460 e. The minimum atomic E-state index is -7.43. The molecular formula is C24H15F9O4S2. The number of hydrogen-bond donors (Lipinski definition) is 0. The topological polar surface area (TPSA) is 74.3 Å². The molecule has 0 aliphatic carbocycles. The third kappa shape index (κ3) is 5.10. The van der Waals surface area contributed by atoms with Crippen LogP contribution >= 0.6 is 10.5 Å². The second-order valence-electron chi connectivity index (χ2n) is 8.01. The van der Waals surface area contributed by atoms with Crippen LogP contribution in [0.4, 0.5) is 39.5 Å². The molecule has 4 aromatic rings. The van der Waals surface area contributed by atoms with Crippen LogP contribution in [0.15, 0.2) is 77.6 Å². The molecular weight excluding hydrogens is 587 g/mol. The molecule has 0 radical (unpaired) electrons. The SMILES string of the molecule is Cc1ccccc1-[s+]1c2ccccc2c(=O)c2ccccc21.O=S(=O)([O-])C(F)(F)C(F)(F)C(F)(F)C(F)(F)F. The predicted molar refractivity (Wildman–Crippen MR) is 127 cm³/mol. The van der Waals surface area contributed by atoms with Gasteiger partial charge in [0.15, 0.2) is 24.4 Å². The van der Waals surface area contributed by atoms with Gasteiger partial charge >= 0.3 is 23.3 Å². The number of benzene rings is 3. The molecule has 0 aliphatic rings. The lowest BCUT2D eigenvalue weighted by atomic mass is 10.1. The Hall–Kier alpha value is -3.17. The lowest BCUT2D eigenvalue weighted by Gasteiger charge is -2.34. The fourth-order valence-corrected chi connectivity index (χ4v) is 6.42. The molecule has 0 unspecified atom stereocenters. The van der Waals surface area contributed by atoms with E-state index in [4.69, 9.17) is 0 Å². The Balaban J connectivity index is 0.000000225. The van der Waals surface area contributed by atoms with E-state index >= 15 is 0 Å². The molecule has 39 heavy (non-hydrogen) atoms. The highest BCUT2D eigenvalue weighted by Crippen LogP contribution is 2.54. The number of fused-ring (bicyclic) bond motifs is 2. The molecule has 4 nitrogen and oxygen atoms in total. The van der Waals surface area contributed by atoms with Crippen molar-refractivity contribution in [3.8, 4) is 4.90 Å². The second kappa shape index (κ2) is 10.1. The van der Waals surface area contributed by atoms with Crippen molar-refractivity contribution in [1.82, 2.24) is 0 Å². The highest BCUT2D eigenvalue weighted by Gasteiger charge is 2.83. The van der Waals surface area contributed by atoms with Crippen LogP contribution in [-0.4, -0.2) is 36.2 Å². The molecule has 0 bridgehead atoms. The predicted octanol–water partition coefficient (Wildman–Crippen LogP) is 7.36. The van der Waals surface area contributed by atoms with Crippen molar-refractivity contribution in [2.75, 3.05) is 0 Å². The third-order valence-corrected chi connectivity index (χ3v) is 8.82. The van der Waals surface area contributed by atoms with Crippen molar-refractivity contribution in [2.24, 2.45) is 0 Å². The van der Waals surface area contributed by atoms with E-state index in [2.05, 4.69) is 43.3 Å². The first-order valence-electron chi connectivity index (χ1n) is 10.5. The van der Waals surface area contributed by atoms with Gasteiger partial charge in [-0.3, -0.25) is 4.79 Å². The molecule has 1 heterocycles. The standard InChI is InChI=1S/C20H15OS.C4HF9O3S/c1-14-8-2-5-11-17(14)22-18-12-6-3-9-15(18)20(21)16-10-4-7-13-19(16)22;5-1(6,3(9,10)11)2(7,8)4(12,13)17(14,15)16/h2-13H,1H3;(H,14,15,16)/q+1;/p-1. The van der Waals surface area contributed by atoms with Crippen molar-refractivity contribution in [3.63, 3.8) is 0 Å². The van der Waals surface area contributed by atoms with Crippen molar-refractivity contribution in [2.45, 2.75) is 30.2 Å². The minimum absolute atomic E-state index is 0.142. The van der Waals surface area contributed by atoms with Gasteiger partial charge in [-0.05, 0) is 37.3 Å². The average molecular weight is 602 g/mol. The normalized spacial score (nSPS) is 13.3. The van der Waals surface area contributed by atoms with Crippen LogP contribution in [0, 0.1) is 6.92 Å². The molecule has 0 fully saturated rings. The van der Waals surface area contributed by atoms with E-state index in [-0.39, 0.29) is 15.9 Å². The fraction of sp³-hybridized carbons (Fsp3) is 0.208. The van der Waals surface area contributed by atoms with Crippen LogP contribution in [-0.2, 0) is 10.1 Å². The van der Waals surface area contributed by atoms with Gasteiger partial charge in [0.2, 0.25) is 5.43 Å². The lowest BCUT2D eigenvalue weighted by molar-refractivity contribution is -0.382. The highest BCUT2D eigenvalue weighted by atomic mass is 32.2. The van der Waals surface area contributed by atoms with Crippen molar-refractivity contribution in [1.29, 1.82) is 0 Å². The largest absolute Gasteiger partial charge is 0.743 e. The summed E-state index contributed by atoms with van der Waals surface area (Å²) in [6.07, 6.45) is -7.16. The highest BCUT2D eigenvalue weighted by molar-refractivity contribution is 7.86. The number of rotatable bonds is 4. The molecule has 0 saturated heterocycles. The van der Waals surface area contributed by atoms with Gasteiger partial charge in [-0.15, -0.1) is 0 Å². The summed E-state index contributed by atoms with van der Waals surface area (Å²) in [7, 11) is -7.63. The van der Waals surface area contributed by atoms with Gasteiger partial charge in [-0.1, -0.05) is 42.5 Å². The molecule has 15 heteroatoms. The maximum atomic E-state index is 12.8. The number of halogens is 9. The molecule has 0 aliphatic heterocycles. The molecule has 0 spiro atoms. The Labute approximate surface area is 217 Å². The summed E-state index contributed by atoms with van der Waals surface area (Å²) >= 11 is 0. The Morgan fingerprint density at radius 1 is 0.667 bits per heavy atom. The maximum absolute atomic E-state index is 12.8. The van der Waals surface area contributed by atoms with E-state index in [9.17, 15) is 57.3 Å². The van der Waals surface area contributed by atoms with E-state index < -0.39 is 33.4 Å². The smallest absolute Gasteiger partial charge is 0.460 e. The zero-order valence-corrected chi connectivity index (χ0v) is 20.9. The number of aryl methyl sites for hydroxylation is 1. The minimum Gasteiger partial charge on any atom is -0.743 e. The zero-order chi connectivity index (χ0) is 29.6. The van der Waals surface area contributed by atoms with E-state index in [1.807, 2.05) is 36.4 Å². The average Bonchev–Trinajstić information content (AvgIpc) is 2.84. The van der Waals surface area contributed by atoms with Gasteiger partial charge in [-0.2, -0.15) is 39.5 Å². The number of alkyl halides is 9. The van der Waals surface area contributed by atoms with Gasteiger partial charge in [-0.25, -0.2) is 8.42 Å². The van der Waals surface area contributed by atoms with Gasteiger partial charge in [0, 0.05) is 16.0 Å². The van der Waals surface area contributed by atoms with Gasteiger partial charge in [0.05, 0.1) is 10.8 Å². The molecule has 4 rings (SSSR count). The van der Waals surface area contributed by atoms with Gasteiger partial charge < -0.3 is 4.55 Å². The van der Waals surface area contributed by atoms with Crippen molar-refractivity contribution >= 4 is 40.8 Å². The zero-order valence-electron chi connectivity index (χ0n) is 19.3. The summed E-state index contributed by atoms with van der Waals surface area (Å²) in [5.41, 5.74) is 1.41. The third-order valence-electron chi connectivity index (χ3n) is 5.45. The van der Waals surface area contributed by atoms with Crippen LogP contribution in [0.25, 0.3) is 25.1 Å². The molecule has 0 atom stereocenters. The van der Waals surface area contributed by atoms with Crippen LogP contribution in [0.2, 0.25) is 0 Å². The molecule has 0 amide bonds. The molecule has 1 aromatic heterocycles. The van der Waals surface area contributed by atoms with Crippen molar-refractivity contribution in [3.05, 3.63) is 88.6 Å². The second-order valence-corrected chi connectivity index (χ2v) is 11.4. The first-order valence-corrected chi connectivity index (χ1v) is 13.1. The van der Waals surface area contributed by atoms with E-state index in [1.165, 1.54) is 10.5 Å². The Morgan fingerprint density at radius 3 is 1.49 bits per heavy atom. The summed E-state index contributed by atoms with van der Waals surface area (Å²) in [6.45, 7) is 2.14. The Bertz CT molecular complexity index is 1640. The summed E-state index contributed by atoms with van der Waals surface area (Å²) in [4.78, 5) is 14.1. The number of hydrogen-bond acceptors (Lipinski definition) is 4. The summed E-state index contributed by atoms with van der Waals surface area (Å²) in [5.74, 6) is -14.8. The van der Waals surface area contributed by atoms with Crippen LogP contribution in [0.1, 0.15) is 5.56 Å². The molecule has 3 aromatic carbocycles. The first kappa shape index (κ1) is 30.4. The summed E-state index contributed by atoms with van der Waals surface area (Å²) in [5, 5.41) is -5.43. The van der Waals surface area contributed by atoms with E-state index in [0.717, 1.165) is 20.2 Å². The summed E-state index contributed by atoms with van der Waals surface area (Å²) < 4.78 is 138. The van der Waals surface area contributed by atoms with Crippen molar-refractivity contribution < 1.29 is 52.5 Å². The Morgan fingerprint density at radius 2 is 1.08 bits per heavy atom.